The van der Waals surface area contributed by atoms with E-state index in [1.807, 2.05) is 0 Å². The standard InChI is InChI=1S/C21H25ClN4O4S.C2HF3O2/c1-14(20(27)25-10-7-23-8-11-25)26-9-6-19(21(26)28)24-31(29,30)18-5-3-15-12-17(22)4-2-16(15)13-18;3-2(4,5)1(6)7/h2-5,12-14,19,23-24H,6-11H2,1H3;(H,6,7)/t14-,19-;/m0./s1. The second kappa shape index (κ2) is 11.8. The summed E-state index contributed by atoms with van der Waals surface area (Å²) < 4.78 is 60.1. The van der Waals surface area contributed by atoms with Crippen LogP contribution < -0.4 is 10.0 Å². The van der Waals surface area contributed by atoms with E-state index < -0.39 is 34.3 Å². The minimum Gasteiger partial charge on any atom is -0.475 e. The van der Waals surface area contributed by atoms with Crippen LogP contribution in [0.5, 0.6) is 0 Å². The number of nitrogens with zero attached hydrogens (tertiary/aromatic N) is 2. The van der Waals surface area contributed by atoms with Crippen LogP contribution in [0.25, 0.3) is 10.8 Å². The molecule has 2 fully saturated rings. The highest BCUT2D eigenvalue weighted by atomic mass is 35.5. The lowest BCUT2D eigenvalue weighted by Gasteiger charge is -2.33. The Morgan fingerprint density at radius 2 is 1.68 bits per heavy atom. The van der Waals surface area contributed by atoms with E-state index >= 15 is 0 Å². The number of fused-ring (bicyclic) bond motifs is 1. The van der Waals surface area contributed by atoms with Crippen molar-refractivity contribution in [2.75, 3.05) is 32.7 Å². The largest absolute Gasteiger partial charge is 0.490 e. The number of carbonyl (C=O) groups excluding carboxylic acids is 2. The topological polar surface area (TPSA) is 136 Å². The third-order valence-electron chi connectivity index (χ3n) is 6.12. The Hall–Kier alpha value is -2.94. The van der Waals surface area contributed by atoms with Crippen molar-refractivity contribution in [1.82, 2.24) is 19.8 Å². The summed E-state index contributed by atoms with van der Waals surface area (Å²) in [5, 5.41) is 12.5. The molecule has 0 spiro atoms. The van der Waals surface area contributed by atoms with Gasteiger partial charge in [-0.25, -0.2) is 13.2 Å². The summed E-state index contributed by atoms with van der Waals surface area (Å²) >= 11 is 5.99. The van der Waals surface area contributed by atoms with Crippen LogP contribution in [0.3, 0.4) is 0 Å². The number of amides is 2. The van der Waals surface area contributed by atoms with Crippen LogP contribution in [0.2, 0.25) is 5.02 Å². The highest BCUT2D eigenvalue weighted by Gasteiger charge is 2.40. The van der Waals surface area contributed by atoms with Gasteiger partial charge in [0.15, 0.2) is 0 Å². The zero-order chi connectivity index (χ0) is 28.3. The normalized spacial score (nSPS) is 19.2. The van der Waals surface area contributed by atoms with Crippen molar-refractivity contribution in [3.8, 4) is 0 Å². The Morgan fingerprint density at radius 3 is 2.29 bits per heavy atom. The van der Waals surface area contributed by atoms with Gasteiger partial charge in [-0.2, -0.15) is 17.9 Å². The fraction of sp³-hybridized carbons (Fsp3) is 0.435. The summed E-state index contributed by atoms with van der Waals surface area (Å²) in [6, 6.07) is 8.44. The number of nitrogens with one attached hydrogen (secondary N) is 2. The van der Waals surface area contributed by atoms with Crippen molar-refractivity contribution in [1.29, 1.82) is 0 Å². The Bertz CT molecular complexity index is 1320. The van der Waals surface area contributed by atoms with E-state index in [9.17, 15) is 31.2 Å². The summed E-state index contributed by atoms with van der Waals surface area (Å²) in [6.07, 6.45) is -4.76. The SMILES string of the molecule is C[C@@H](C(=O)N1CCNCC1)N1CC[C@H](NS(=O)(=O)c2ccc3cc(Cl)ccc3c2)C1=O.O=C(O)C(F)(F)F. The molecule has 2 aromatic carbocycles. The number of halogens is 4. The number of alkyl halides is 3. The first kappa shape index (κ1) is 29.6. The van der Waals surface area contributed by atoms with Gasteiger partial charge in [-0.3, -0.25) is 9.59 Å². The molecule has 0 unspecified atom stereocenters. The summed E-state index contributed by atoms with van der Waals surface area (Å²) in [7, 11) is -3.90. The molecule has 15 heteroatoms. The molecule has 2 aliphatic rings. The van der Waals surface area contributed by atoms with E-state index in [4.69, 9.17) is 21.5 Å². The first-order valence-corrected chi connectivity index (χ1v) is 13.4. The Morgan fingerprint density at radius 1 is 1.11 bits per heavy atom. The van der Waals surface area contributed by atoms with E-state index in [0.29, 0.717) is 31.1 Å². The van der Waals surface area contributed by atoms with Gasteiger partial charge >= 0.3 is 12.1 Å². The Balaban J connectivity index is 0.000000505. The number of carboxylic acids is 1. The molecule has 0 bridgehead atoms. The van der Waals surface area contributed by atoms with Crippen LogP contribution in [0.4, 0.5) is 13.2 Å². The van der Waals surface area contributed by atoms with Gasteiger partial charge in [0, 0.05) is 37.7 Å². The van der Waals surface area contributed by atoms with Crippen molar-refractivity contribution >= 4 is 50.2 Å². The third-order valence-corrected chi connectivity index (χ3v) is 7.82. The molecule has 2 amide bonds. The monoisotopic (exact) mass is 578 g/mol. The molecular formula is C23H26ClF3N4O6S. The molecule has 2 aromatic rings. The molecule has 2 aliphatic heterocycles. The number of rotatable bonds is 5. The summed E-state index contributed by atoms with van der Waals surface area (Å²) in [6.45, 7) is 4.71. The van der Waals surface area contributed by atoms with E-state index in [1.54, 1.807) is 42.2 Å². The molecule has 0 aromatic heterocycles. The zero-order valence-electron chi connectivity index (χ0n) is 20.2. The lowest BCUT2D eigenvalue weighted by atomic mass is 10.1. The number of carboxylic acid groups (broad SMARTS) is 1. The average molecular weight is 579 g/mol. The third kappa shape index (κ3) is 7.12. The molecule has 3 N–H and O–H groups in total. The van der Waals surface area contributed by atoms with Crippen LogP contribution in [0.15, 0.2) is 41.3 Å². The fourth-order valence-corrected chi connectivity index (χ4v) is 5.53. The summed E-state index contributed by atoms with van der Waals surface area (Å²) in [5.41, 5.74) is 0. The number of piperazine rings is 1. The predicted octanol–water partition coefficient (Wildman–Crippen LogP) is 1.83. The first-order valence-electron chi connectivity index (χ1n) is 11.5. The van der Waals surface area contributed by atoms with E-state index in [1.165, 1.54) is 11.0 Å². The molecule has 2 atom stereocenters. The van der Waals surface area contributed by atoms with Gasteiger partial charge in [-0.05, 0) is 48.4 Å². The number of sulfonamides is 1. The van der Waals surface area contributed by atoms with Gasteiger partial charge in [-0.1, -0.05) is 23.7 Å². The van der Waals surface area contributed by atoms with Gasteiger partial charge in [-0.15, -0.1) is 0 Å². The van der Waals surface area contributed by atoms with Crippen LogP contribution in [0, 0.1) is 0 Å². The van der Waals surface area contributed by atoms with Crippen LogP contribution in [-0.4, -0.2) is 92.1 Å². The van der Waals surface area contributed by atoms with Crippen molar-refractivity contribution in [2.45, 2.75) is 36.5 Å². The van der Waals surface area contributed by atoms with Crippen molar-refractivity contribution in [3.63, 3.8) is 0 Å². The number of carbonyl (C=O) groups is 3. The highest BCUT2D eigenvalue weighted by molar-refractivity contribution is 7.89. The van der Waals surface area contributed by atoms with Gasteiger partial charge < -0.3 is 20.2 Å². The van der Waals surface area contributed by atoms with E-state index in [0.717, 1.165) is 23.9 Å². The minimum atomic E-state index is -5.08. The molecule has 0 aliphatic carbocycles. The van der Waals surface area contributed by atoms with E-state index in [2.05, 4.69) is 10.0 Å². The maximum atomic E-state index is 12.9. The Labute approximate surface area is 221 Å². The second-order valence-corrected chi connectivity index (χ2v) is 10.9. The number of likely N-dealkylation sites (tertiary alicyclic amines) is 1. The molecule has 0 saturated carbocycles. The van der Waals surface area contributed by atoms with Crippen LogP contribution >= 0.6 is 11.6 Å². The summed E-state index contributed by atoms with van der Waals surface area (Å²) in [5.74, 6) is -3.23. The molecule has 4 rings (SSSR count). The maximum absolute atomic E-state index is 12.9. The van der Waals surface area contributed by atoms with Gasteiger partial charge in [0.1, 0.15) is 12.1 Å². The number of hydrogen-bond donors (Lipinski definition) is 3. The quantitative estimate of drug-likeness (QED) is 0.492. The molecule has 10 nitrogen and oxygen atoms in total. The average Bonchev–Trinajstić information content (AvgIpc) is 3.22. The highest BCUT2D eigenvalue weighted by Crippen LogP contribution is 2.24. The first-order chi connectivity index (χ1) is 17.7. The van der Waals surface area contributed by atoms with Crippen LogP contribution in [-0.2, 0) is 24.4 Å². The number of benzene rings is 2. The van der Waals surface area contributed by atoms with Crippen LogP contribution in [0.1, 0.15) is 13.3 Å². The number of hydrogen-bond acceptors (Lipinski definition) is 6. The second-order valence-electron chi connectivity index (χ2n) is 8.70. The van der Waals surface area contributed by atoms with E-state index in [-0.39, 0.29) is 16.7 Å². The molecular weight excluding hydrogens is 553 g/mol. The van der Waals surface area contributed by atoms with Gasteiger partial charge in [0.05, 0.1) is 4.90 Å². The number of aliphatic carboxylic acids is 1. The smallest absolute Gasteiger partial charge is 0.475 e. The van der Waals surface area contributed by atoms with Gasteiger partial charge in [0.2, 0.25) is 21.8 Å². The lowest BCUT2D eigenvalue weighted by molar-refractivity contribution is -0.192. The van der Waals surface area contributed by atoms with Crippen molar-refractivity contribution in [2.24, 2.45) is 0 Å². The van der Waals surface area contributed by atoms with Crippen molar-refractivity contribution < 1.29 is 41.1 Å². The lowest BCUT2D eigenvalue weighted by Crippen LogP contribution is -2.54. The maximum Gasteiger partial charge on any atom is 0.490 e. The molecule has 2 saturated heterocycles. The van der Waals surface area contributed by atoms with Crippen molar-refractivity contribution in [3.05, 3.63) is 41.4 Å². The minimum absolute atomic E-state index is 0.0820. The fourth-order valence-electron chi connectivity index (χ4n) is 4.10. The Kier molecular flexibility index (Phi) is 9.23. The summed E-state index contributed by atoms with van der Waals surface area (Å²) in [4.78, 5) is 37.8. The molecule has 208 valence electrons. The van der Waals surface area contributed by atoms with Gasteiger partial charge in [0.25, 0.3) is 0 Å². The predicted molar refractivity (Wildman–Crippen MR) is 132 cm³/mol. The molecule has 0 radical (unpaired) electrons. The molecule has 38 heavy (non-hydrogen) atoms. The zero-order valence-corrected chi connectivity index (χ0v) is 21.7. The molecule has 2 heterocycles.